The van der Waals surface area contributed by atoms with Crippen molar-refractivity contribution in [3.8, 4) is 0 Å². The number of carbonyl (C=O) groups excluding carboxylic acids is 3. The smallest absolute Gasteiger partial charge is 0.305 e. The van der Waals surface area contributed by atoms with Crippen LogP contribution < -0.4 is 21.7 Å². The molecule has 3 amide bonds. The first kappa shape index (κ1) is 22.3. The number of hydrogen-bond donors (Lipinski definition) is 6. The minimum Gasteiger partial charge on any atom is -0.481 e. The lowest BCUT2D eigenvalue weighted by molar-refractivity contribution is -0.140. The van der Waals surface area contributed by atoms with Gasteiger partial charge in [-0.15, -0.1) is 0 Å². The van der Waals surface area contributed by atoms with E-state index in [1.165, 1.54) is 0 Å². The van der Waals surface area contributed by atoms with Crippen molar-refractivity contribution in [2.75, 3.05) is 6.54 Å². The number of nitrogens with one attached hydrogen (secondary N) is 4. The van der Waals surface area contributed by atoms with E-state index in [0.717, 1.165) is 16.5 Å². The predicted octanol–water partition coefficient (Wildman–Crippen LogP) is -0.218. The average Bonchev–Trinajstić information content (AvgIpc) is 3.15. The zero-order valence-electron chi connectivity index (χ0n) is 17.0. The molecule has 1 fully saturated rings. The van der Waals surface area contributed by atoms with E-state index in [9.17, 15) is 19.2 Å². The second-order valence-electron chi connectivity index (χ2n) is 7.63. The van der Waals surface area contributed by atoms with Gasteiger partial charge in [-0.2, -0.15) is 0 Å². The minimum absolute atomic E-state index is 0.186. The van der Waals surface area contributed by atoms with Crippen LogP contribution in [-0.4, -0.2) is 58.5 Å². The van der Waals surface area contributed by atoms with Crippen LogP contribution in [0.2, 0.25) is 0 Å². The maximum atomic E-state index is 12.9. The van der Waals surface area contributed by atoms with Gasteiger partial charge in [-0.25, -0.2) is 0 Å². The second kappa shape index (κ2) is 10.1. The van der Waals surface area contributed by atoms with Crippen molar-refractivity contribution in [1.82, 2.24) is 20.9 Å². The Balaban J connectivity index is 1.87. The maximum absolute atomic E-state index is 12.9. The molecule has 31 heavy (non-hydrogen) atoms. The van der Waals surface area contributed by atoms with Gasteiger partial charge in [0.2, 0.25) is 17.7 Å². The summed E-state index contributed by atoms with van der Waals surface area (Å²) in [6.07, 6.45) is 2.99. The van der Waals surface area contributed by atoms with E-state index in [1.54, 1.807) is 6.20 Å². The highest BCUT2D eigenvalue weighted by Gasteiger charge is 2.34. The Morgan fingerprint density at radius 3 is 2.32 bits per heavy atom. The number of aromatic nitrogens is 1. The number of para-hydroxylation sites is 1. The predicted molar refractivity (Wildman–Crippen MR) is 113 cm³/mol. The molecule has 0 radical (unpaired) electrons. The van der Waals surface area contributed by atoms with Crippen LogP contribution in [0.15, 0.2) is 30.5 Å². The van der Waals surface area contributed by atoms with E-state index in [0.29, 0.717) is 25.8 Å². The molecular formula is C21H27N5O5. The van der Waals surface area contributed by atoms with E-state index in [-0.39, 0.29) is 6.42 Å². The van der Waals surface area contributed by atoms with E-state index in [1.807, 2.05) is 24.3 Å². The summed E-state index contributed by atoms with van der Waals surface area (Å²) in [5.41, 5.74) is 7.23. The molecule has 3 atom stereocenters. The summed E-state index contributed by atoms with van der Waals surface area (Å²) in [6, 6.07) is 4.45. The van der Waals surface area contributed by atoms with Crippen LogP contribution in [0.4, 0.5) is 0 Å². The van der Waals surface area contributed by atoms with Gasteiger partial charge in [-0.05, 0) is 37.4 Å². The van der Waals surface area contributed by atoms with Crippen LogP contribution in [0.1, 0.15) is 31.2 Å². The molecule has 7 N–H and O–H groups in total. The number of aliphatic carboxylic acids is 1. The molecule has 0 spiro atoms. The molecule has 0 unspecified atom stereocenters. The molecule has 0 aliphatic carbocycles. The Morgan fingerprint density at radius 1 is 0.935 bits per heavy atom. The maximum Gasteiger partial charge on any atom is 0.305 e. The molecule has 1 aromatic heterocycles. The van der Waals surface area contributed by atoms with Crippen molar-refractivity contribution in [2.45, 2.75) is 50.2 Å². The third kappa shape index (κ3) is 5.60. The number of hydrogen-bond acceptors (Lipinski definition) is 5. The summed E-state index contributed by atoms with van der Waals surface area (Å²) in [6.45, 7) is 0.452. The average molecular weight is 429 g/mol. The van der Waals surface area contributed by atoms with Crippen LogP contribution in [0.5, 0.6) is 0 Å². The van der Waals surface area contributed by atoms with E-state index in [2.05, 4.69) is 20.9 Å². The SMILES string of the molecule is NCCCC[C@@H]1NC(=O)[C@@H](CC(=O)O)NC(=O)[C@H](Cc2c[nH]c3ccccc23)NC1=O. The lowest BCUT2D eigenvalue weighted by Gasteiger charge is -2.20. The zero-order valence-corrected chi connectivity index (χ0v) is 17.0. The van der Waals surface area contributed by atoms with Crippen molar-refractivity contribution < 1.29 is 24.3 Å². The van der Waals surface area contributed by atoms with Crippen molar-refractivity contribution in [3.05, 3.63) is 36.0 Å². The standard InChI is InChI=1S/C21H27N5O5/c22-8-4-3-7-15-19(29)25-16(9-12-11-23-14-6-2-1-5-13(12)14)20(30)26-17(10-18(27)28)21(31)24-15/h1-2,5-6,11,15-17,23H,3-4,7-10,22H2,(H,24,31)(H,25,29)(H,26,30)(H,27,28)/t15-,16-,17+/m0/s1. The normalized spacial score (nSPS) is 22.1. The first-order chi connectivity index (χ1) is 14.9. The number of amides is 3. The summed E-state index contributed by atoms with van der Waals surface area (Å²) in [5.74, 6) is -3.02. The molecule has 166 valence electrons. The quantitative estimate of drug-likeness (QED) is 0.317. The fourth-order valence-electron chi connectivity index (χ4n) is 3.69. The van der Waals surface area contributed by atoms with Gasteiger partial charge < -0.3 is 31.8 Å². The van der Waals surface area contributed by atoms with Crippen molar-refractivity contribution in [3.63, 3.8) is 0 Å². The van der Waals surface area contributed by atoms with E-state index < -0.39 is 48.2 Å². The number of carboxylic acid groups (broad SMARTS) is 1. The number of nitrogens with two attached hydrogens (primary N) is 1. The molecule has 10 nitrogen and oxygen atoms in total. The van der Waals surface area contributed by atoms with Crippen LogP contribution in [-0.2, 0) is 25.6 Å². The first-order valence-corrected chi connectivity index (χ1v) is 10.3. The summed E-state index contributed by atoms with van der Waals surface area (Å²) < 4.78 is 0. The van der Waals surface area contributed by atoms with Crippen LogP contribution in [0.25, 0.3) is 10.9 Å². The molecule has 0 bridgehead atoms. The monoisotopic (exact) mass is 429 g/mol. The number of fused-ring (bicyclic) bond motifs is 1. The number of benzene rings is 1. The van der Waals surface area contributed by atoms with Gasteiger partial charge in [0.25, 0.3) is 0 Å². The van der Waals surface area contributed by atoms with Gasteiger partial charge in [0.05, 0.1) is 6.42 Å². The Bertz CT molecular complexity index is 972. The van der Waals surface area contributed by atoms with Gasteiger partial charge in [0.1, 0.15) is 18.1 Å². The lowest BCUT2D eigenvalue weighted by atomic mass is 10.0. The Hall–Kier alpha value is -3.40. The molecule has 3 rings (SSSR count). The van der Waals surface area contributed by atoms with Gasteiger partial charge in [0.15, 0.2) is 0 Å². The molecular weight excluding hydrogens is 402 g/mol. The number of aromatic amines is 1. The highest BCUT2D eigenvalue weighted by molar-refractivity contribution is 5.98. The molecule has 0 saturated carbocycles. The second-order valence-corrected chi connectivity index (χ2v) is 7.63. The molecule has 2 aromatic rings. The highest BCUT2D eigenvalue weighted by Crippen LogP contribution is 2.19. The zero-order chi connectivity index (χ0) is 22.4. The van der Waals surface area contributed by atoms with Gasteiger partial charge in [0, 0.05) is 23.5 Å². The number of carboxylic acids is 1. The van der Waals surface area contributed by atoms with Crippen LogP contribution in [0, 0.1) is 0 Å². The lowest BCUT2D eigenvalue weighted by Crippen LogP contribution is -2.52. The summed E-state index contributed by atoms with van der Waals surface area (Å²) >= 11 is 0. The van der Waals surface area contributed by atoms with Crippen LogP contribution >= 0.6 is 0 Å². The summed E-state index contributed by atoms with van der Waals surface area (Å²) in [7, 11) is 0. The van der Waals surface area contributed by atoms with Gasteiger partial charge in [-0.1, -0.05) is 18.2 Å². The molecule has 1 aliphatic heterocycles. The Morgan fingerprint density at radius 2 is 1.58 bits per heavy atom. The molecule has 2 heterocycles. The number of unbranched alkanes of at least 4 members (excludes halogenated alkanes) is 1. The van der Waals surface area contributed by atoms with Crippen molar-refractivity contribution in [1.29, 1.82) is 0 Å². The number of rotatable bonds is 8. The molecule has 1 saturated heterocycles. The van der Waals surface area contributed by atoms with Gasteiger partial charge >= 0.3 is 5.97 Å². The number of carbonyl (C=O) groups is 4. The fraction of sp³-hybridized carbons (Fsp3) is 0.429. The molecule has 10 heteroatoms. The molecule has 1 aliphatic rings. The van der Waals surface area contributed by atoms with Crippen molar-refractivity contribution in [2.24, 2.45) is 5.73 Å². The largest absolute Gasteiger partial charge is 0.481 e. The van der Waals surface area contributed by atoms with Crippen LogP contribution in [0.3, 0.4) is 0 Å². The topological polar surface area (TPSA) is 166 Å². The summed E-state index contributed by atoms with van der Waals surface area (Å²) in [4.78, 5) is 52.7. The third-order valence-electron chi connectivity index (χ3n) is 5.32. The fourth-order valence-corrected chi connectivity index (χ4v) is 3.69. The Kier molecular flexibility index (Phi) is 7.24. The Labute approximate surface area is 178 Å². The van der Waals surface area contributed by atoms with E-state index >= 15 is 0 Å². The summed E-state index contributed by atoms with van der Waals surface area (Å²) in [5, 5.41) is 17.9. The van der Waals surface area contributed by atoms with E-state index in [4.69, 9.17) is 10.8 Å². The third-order valence-corrected chi connectivity index (χ3v) is 5.32. The van der Waals surface area contributed by atoms with Gasteiger partial charge in [-0.3, -0.25) is 19.2 Å². The van der Waals surface area contributed by atoms with Crippen molar-refractivity contribution >= 4 is 34.6 Å². The minimum atomic E-state index is -1.28. The number of H-pyrrole nitrogens is 1. The molecule has 1 aromatic carbocycles. The highest BCUT2D eigenvalue weighted by atomic mass is 16.4. The first-order valence-electron chi connectivity index (χ1n) is 10.3.